The highest BCUT2D eigenvalue weighted by Crippen LogP contribution is 2.37. The minimum atomic E-state index is -1.61. The predicted octanol–water partition coefficient (Wildman–Crippen LogP) is 2.44. The highest BCUT2D eigenvalue weighted by Gasteiger charge is 2.37. The van der Waals surface area contributed by atoms with Gasteiger partial charge >= 0.3 is 0 Å². The molecule has 0 fully saturated rings. The van der Waals surface area contributed by atoms with Crippen LogP contribution in [0.3, 0.4) is 0 Å². The molecule has 2 unspecified atom stereocenters. The van der Waals surface area contributed by atoms with Crippen molar-refractivity contribution in [1.82, 2.24) is 0 Å². The summed E-state index contributed by atoms with van der Waals surface area (Å²) in [6, 6.07) is 0. The Balaban J connectivity index is 2.40. The molecule has 2 N–H and O–H groups in total. The molecule has 0 saturated heterocycles. The number of hydrogen-bond donors (Lipinski definition) is 1. The van der Waals surface area contributed by atoms with Crippen LogP contribution in [0.25, 0.3) is 0 Å². The molecule has 0 saturated carbocycles. The maximum atomic E-state index is 6.10. The van der Waals surface area contributed by atoms with Crippen LogP contribution in [0.2, 0.25) is 18.1 Å². The first-order valence-corrected chi connectivity index (χ1v) is 9.16. The molecule has 0 amide bonds. The van der Waals surface area contributed by atoms with Gasteiger partial charge in [0.2, 0.25) is 0 Å². The Labute approximate surface area is 98.0 Å². The molecule has 1 aliphatic rings. The normalized spacial score (nSPS) is 27.3. The molecule has 0 aromatic carbocycles. The van der Waals surface area contributed by atoms with E-state index in [1.54, 1.807) is 11.8 Å². The van der Waals surface area contributed by atoms with Crippen molar-refractivity contribution in [2.45, 2.75) is 49.7 Å². The standard InChI is InChI=1S/C10H22N2OSSi/c1-10(2,3)15(4,5)13-7-8-6-12-9(11)14-8/h6,8-9H,7,11H2,1-5H3. The summed E-state index contributed by atoms with van der Waals surface area (Å²) >= 11 is 1.67. The largest absolute Gasteiger partial charge is 0.415 e. The predicted molar refractivity (Wildman–Crippen MR) is 71.0 cm³/mol. The minimum Gasteiger partial charge on any atom is -0.415 e. The average molecular weight is 246 g/mol. The van der Waals surface area contributed by atoms with E-state index in [0.29, 0.717) is 5.25 Å². The van der Waals surface area contributed by atoms with E-state index in [9.17, 15) is 0 Å². The molecule has 2 atom stereocenters. The number of rotatable bonds is 3. The lowest BCUT2D eigenvalue weighted by atomic mass is 10.2. The van der Waals surface area contributed by atoms with Gasteiger partial charge in [-0.1, -0.05) is 20.8 Å². The smallest absolute Gasteiger partial charge is 0.192 e. The van der Waals surface area contributed by atoms with E-state index < -0.39 is 8.32 Å². The molecule has 15 heavy (non-hydrogen) atoms. The molecule has 0 aromatic rings. The van der Waals surface area contributed by atoms with E-state index in [0.717, 1.165) is 6.61 Å². The average Bonchev–Trinajstić information content (AvgIpc) is 2.46. The Bertz CT molecular complexity index is 250. The van der Waals surface area contributed by atoms with Crippen LogP contribution in [-0.4, -0.2) is 31.9 Å². The molecule has 0 aromatic heterocycles. The fourth-order valence-electron chi connectivity index (χ4n) is 1.02. The SMILES string of the molecule is CC(C)(C)[Si](C)(C)OCC1C=NC(N)S1. The van der Waals surface area contributed by atoms with Crippen LogP contribution < -0.4 is 5.73 Å². The fraction of sp³-hybridized carbons (Fsp3) is 0.900. The van der Waals surface area contributed by atoms with Gasteiger partial charge in [-0.2, -0.15) is 0 Å². The third-order valence-electron chi connectivity index (χ3n) is 3.13. The van der Waals surface area contributed by atoms with E-state index in [1.165, 1.54) is 0 Å². The second-order valence-electron chi connectivity index (χ2n) is 5.43. The van der Waals surface area contributed by atoms with E-state index in [4.69, 9.17) is 10.2 Å². The van der Waals surface area contributed by atoms with Gasteiger partial charge in [0.1, 0.15) is 5.50 Å². The van der Waals surface area contributed by atoms with Crippen molar-refractivity contribution in [1.29, 1.82) is 0 Å². The van der Waals surface area contributed by atoms with Crippen molar-refractivity contribution in [3.05, 3.63) is 0 Å². The summed E-state index contributed by atoms with van der Waals surface area (Å²) in [6.07, 6.45) is 1.92. The summed E-state index contributed by atoms with van der Waals surface area (Å²) in [5, 5.41) is 0.615. The molecule has 0 radical (unpaired) electrons. The first-order chi connectivity index (χ1) is 6.72. The molecule has 0 aliphatic carbocycles. The molecule has 88 valence electrons. The number of nitrogens with two attached hydrogens (primary N) is 1. The third-order valence-corrected chi connectivity index (χ3v) is 8.64. The zero-order valence-corrected chi connectivity index (χ0v) is 12.1. The summed E-state index contributed by atoms with van der Waals surface area (Å²) in [5.74, 6) is 0. The highest BCUT2D eigenvalue weighted by atomic mass is 32.2. The second kappa shape index (κ2) is 4.57. The first-order valence-electron chi connectivity index (χ1n) is 5.31. The Kier molecular flexibility index (Phi) is 4.03. The van der Waals surface area contributed by atoms with Crippen LogP contribution in [0.4, 0.5) is 0 Å². The van der Waals surface area contributed by atoms with Gasteiger partial charge in [-0.3, -0.25) is 4.99 Å². The van der Waals surface area contributed by atoms with E-state index in [1.807, 2.05) is 6.21 Å². The Morgan fingerprint density at radius 2 is 2.07 bits per heavy atom. The molecule has 5 heteroatoms. The van der Waals surface area contributed by atoms with Gasteiger partial charge in [-0.15, -0.1) is 11.8 Å². The summed E-state index contributed by atoms with van der Waals surface area (Å²) in [4.78, 5) is 4.13. The molecule has 0 bridgehead atoms. The molecule has 0 spiro atoms. The van der Waals surface area contributed by atoms with Crippen molar-refractivity contribution in [2.75, 3.05) is 6.61 Å². The van der Waals surface area contributed by atoms with Crippen molar-refractivity contribution in [2.24, 2.45) is 10.7 Å². The van der Waals surface area contributed by atoms with Gasteiger partial charge < -0.3 is 10.2 Å². The van der Waals surface area contributed by atoms with E-state index >= 15 is 0 Å². The topological polar surface area (TPSA) is 47.6 Å². The van der Waals surface area contributed by atoms with Gasteiger partial charge in [0.25, 0.3) is 0 Å². The zero-order chi connectivity index (χ0) is 11.7. The van der Waals surface area contributed by atoms with Gasteiger partial charge in [0, 0.05) is 6.21 Å². The van der Waals surface area contributed by atoms with Gasteiger partial charge in [-0.25, -0.2) is 0 Å². The van der Waals surface area contributed by atoms with Crippen LogP contribution in [0.5, 0.6) is 0 Å². The summed E-state index contributed by atoms with van der Waals surface area (Å²) in [6.45, 7) is 12.0. The number of aliphatic imine (C=N–C) groups is 1. The minimum absolute atomic E-state index is 0.0852. The molecular weight excluding hydrogens is 224 g/mol. The summed E-state index contributed by atoms with van der Waals surface area (Å²) < 4.78 is 6.10. The summed E-state index contributed by atoms with van der Waals surface area (Å²) in [7, 11) is -1.61. The quantitative estimate of drug-likeness (QED) is 0.778. The maximum absolute atomic E-state index is 6.10. The molecule has 3 nitrogen and oxygen atoms in total. The van der Waals surface area contributed by atoms with Crippen LogP contribution >= 0.6 is 11.8 Å². The highest BCUT2D eigenvalue weighted by molar-refractivity contribution is 8.01. The van der Waals surface area contributed by atoms with Crippen molar-refractivity contribution >= 4 is 26.3 Å². The zero-order valence-electron chi connectivity index (χ0n) is 10.3. The Morgan fingerprint density at radius 3 is 2.47 bits per heavy atom. The summed E-state index contributed by atoms with van der Waals surface area (Å²) in [5.41, 5.74) is 5.59. The van der Waals surface area contributed by atoms with Gasteiger partial charge in [-0.05, 0) is 18.1 Å². The molecule has 1 rings (SSSR count). The first kappa shape index (κ1) is 13.2. The Hall–Kier alpha value is 0.157. The monoisotopic (exact) mass is 246 g/mol. The number of thioether (sulfide) groups is 1. The maximum Gasteiger partial charge on any atom is 0.192 e. The van der Waals surface area contributed by atoms with Crippen LogP contribution in [0.1, 0.15) is 20.8 Å². The molecule has 1 heterocycles. The number of nitrogens with zero attached hydrogens (tertiary/aromatic N) is 1. The van der Waals surface area contributed by atoms with Crippen molar-refractivity contribution in [3.8, 4) is 0 Å². The lowest BCUT2D eigenvalue weighted by Crippen LogP contribution is -2.42. The van der Waals surface area contributed by atoms with E-state index in [-0.39, 0.29) is 10.5 Å². The molecule has 1 aliphatic heterocycles. The van der Waals surface area contributed by atoms with Crippen molar-refractivity contribution in [3.63, 3.8) is 0 Å². The van der Waals surface area contributed by atoms with Crippen LogP contribution in [-0.2, 0) is 4.43 Å². The lowest BCUT2D eigenvalue weighted by molar-refractivity contribution is 0.303. The van der Waals surface area contributed by atoms with Crippen LogP contribution in [0.15, 0.2) is 4.99 Å². The fourth-order valence-corrected chi connectivity index (χ4v) is 2.96. The molecular formula is C10H22N2OSSi. The Morgan fingerprint density at radius 1 is 1.47 bits per heavy atom. The number of hydrogen-bond acceptors (Lipinski definition) is 4. The lowest BCUT2D eigenvalue weighted by Gasteiger charge is -2.36. The third kappa shape index (κ3) is 3.59. The van der Waals surface area contributed by atoms with E-state index in [2.05, 4.69) is 38.9 Å². The second-order valence-corrected chi connectivity index (χ2v) is 11.6. The van der Waals surface area contributed by atoms with Gasteiger partial charge in [0.05, 0.1) is 11.9 Å². The van der Waals surface area contributed by atoms with Gasteiger partial charge in [0.15, 0.2) is 8.32 Å². The van der Waals surface area contributed by atoms with Crippen LogP contribution in [0, 0.1) is 0 Å². The van der Waals surface area contributed by atoms with Crippen molar-refractivity contribution < 1.29 is 4.43 Å².